The van der Waals surface area contributed by atoms with Gasteiger partial charge in [0.25, 0.3) is 0 Å². The van der Waals surface area contributed by atoms with E-state index in [4.69, 9.17) is 0 Å². The fourth-order valence-electron chi connectivity index (χ4n) is 18.1. The molecule has 7 saturated carbocycles. The number of rotatable bonds is 5. The molecule has 310 valence electrons. The van der Waals surface area contributed by atoms with Gasteiger partial charge in [-0.1, -0.05) is 56.4 Å². The second-order valence-corrected chi connectivity index (χ2v) is 23.1. The highest BCUT2D eigenvalue weighted by molar-refractivity contribution is 5.95. The normalized spacial score (nSPS) is 50.0. The molecule has 1 aromatic rings. The number of aromatic nitrogens is 2. The summed E-state index contributed by atoms with van der Waals surface area (Å²) in [4.78, 5) is 18.4. The van der Waals surface area contributed by atoms with Crippen molar-refractivity contribution in [3.8, 4) is 0 Å². The number of ketones is 1. The van der Waals surface area contributed by atoms with Crippen LogP contribution in [0.15, 0.2) is 52.7 Å². The monoisotopic (exact) mass is 779 g/mol. The molecule has 11 rings (SSSR count). The highest BCUT2D eigenvalue weighted by Gasteiger charge is 2.69. The number of allylic oxidation sites excluding steroid dienone is 3. The Balaban J connectivity index is 0.998. The number of imidazole rings is 1. The van der Waals surface area contributed by atoms with Gasteiger partial charge in [-0.3, -0.25) is 4.79 Å². The molecular formula is C50H70N2O5. The number of carbonyl (C=O) groups is 1. The van der Waals surface area contributed by atoms with Gasteiger partial charge in [-0.05, 0) is 173 Å². The lowest BCUT2D eigenvalue weighted by Crippen LogP contribution is -2.61. The Morgan fingerprint density at radius 2 is 1.75 bits per heavy atom. The van der Waals surface area contributed by atoms with Crippen molar-refractivity contribution >= 4 is 5.78 Å². The first-order valence-corrected chi connectivity index (χ1v) is 23.6. The van der Waals surface area contributed by atoms with E-state index in [1.807, 2.05) is 12.5 Å². The molecule has 7 fully saturated rings. The number of hydrogen-bond donors (Lipinski definition) is 4. The Kier molecular flexibility index (Phi) is 8.47. The topological polar surface area (TPSA) is 116 Å². The maximum atomic E-state index is 14.0. The predicted molar refractivity (Wildman–Crippen MR) is 219 cm³/mol. The van der Waals surface area contributed by atoms with E-state index >= 15 is 0 Å². The second kappa shape index (κ2) is 12.7. The summed E-state index contributed by atoms with van der Waals surface area (Å²) >= 11 is 0. The van der Waals surface area contributed by atoms with Gasteiger partial charge in [0, 0.05) is 42.1 Å². The minimum absolute atomic E-state index is 0.0124. The van der Waals surface area contributed by atoms with Gasteiger partial charge in [0.1, 0.15) is 0 Å². The van der Waals surface area contributed by atoms with E-state index in [2.05, 4.69) is 43.4 Å². The van der Waals surface area contributed by atoms with Crippen LogP contribution < -0.4 is 0 Å². The highest BCUT2D eigenvalue weighted by atomic mass is 16.3. The largest absolute Gasteiger partial charge is 0.392 e. The Hall–Kier alpha value is -2.06. The molecular weight excluding hydrogens is 709 g/mol. The van der Waals surface area contributed by atoms with Crippen LogP contribution in [0, 0.1) is 74.9 Å². The summed E-state index contributed by atoms with van der Waals surface area (Å²) in [5, 5.41) is 48.2. The molecule has 0 aromatic carbocycles. The Bertz CT molecular complexity index is 1930. The number of aliphatic hydroxyl groups excluding tert-OH is 3. The van der Waals surface area contributed by atoms with Gasteiger partial charge >= 0.3 is 0 Å². The third kappa shape index (κ3) is 5.04. The van der Waals surface area contributed by atoms with Crippen molar-refractivity contribution in [3.63, 3.8) is 0 Å². The van der Waals surface area contributed by atoms with Crippen molar-refractivity contribution < 1.29 is 25.2 Å². The zero-order valence-electron chi connectivity index (χ0n) is 35.3. The highest BCUT2D eigenvalue weighted by Crippen LogP contribution is 2.73. The van der Waals surface area contributed by atoms with E-state index in [0.717, 1.165) is 56.1 Å². The fourth-order valence-corrected chi connectivity index (χ4v) is 18.1. The molecule has 1 spiro atoms. The summed E-state index contributed by atoms with van der Waals surface area (Å²) in [5.74, 6) is 2.70. The molecule has 4 N–H and O–H groups in total. The number of aliphatic hydroxyl groups is 4. The minimum Gasteiger partial charge on any atom is -0.392 e. The van der Waals surface area contributed by atoms with Crippen molar-refractivity contribution in [3.05, 3.63) is 52.7 Å². The standard InChI is InChI=1S/C50H70N2O5/c1-46(2,17-19-52-20-18-51-27-52)44-33-21-28-10-11-30-8-6-14-49(30,25-28)43(33)31-9-5-7-29-22-32(45(56)42(44)41(29)31)34-13-16-50(57)36-23-38(53)37-24-39(54)40(55)26-47(37,3)35(36)12-15-48(34,50)4/h18,20,23,27-30,32,34-35,37,39-40,42-43,45,54-57H,5-17,19,21-22,24-26H2,1-4H3/t28-,29-,30-,32+,34-,35+,37+,39-,40+,42-,43-,45+,47-,48-,49+,50-/m1/s1. The molecule has 16 atom stereocenters. The van der Waals surface area contributed by atoms with Crippen molar-refractivity contribution in [2.45, 2.75) is 174 Å². The quantitative estimate of drug-likeness (QED) is 0.223. The summed E-state index contributed by atoms with van der Waals surface area (Å²) in [6.45, 7) is 10.4. The van der Waals surface area contributed by atoms with Crippen molar-refractivity contribution in [2.24, 2.45) is 74.9 Å². The van der Waals surface area contributed by atoms with Crippen LogP contribution in [0.5, 0.6) is 0 Å². The summed E-state index contributed by atoms with van der Waals surface area (Å²) in [5.41, 5.74) is 6.04. The number of carbonyl (C=O) groups excluding carboxylic acids is 1. The molecule has 0 radical (unpaired) electrons. The summed E-state index contributed by atoms with van der Waals surface area (Å²) in [6.07, 6.45) is 24.8. The van der Waals surface area contributed by atoms with Gasteiger partial charge in [-0.15, -0.1) is 0 Å². The van der Waals surface area contributed by atoms with Crippen LogP contribution in [0.4, 0.5) is 0 Å². The van der Waals surface area contributed by atoms with Crippen LogP contribution >= 0.6 is 0 Å². The van der Waals surface area contributed by atoms with E-state index in [9.17, 15) is 25.2 Å². The average molecular weight is 779 g/mol. The first-order valence-electron chi connectivity index (χ1n) is 23.6. The van der Waals surface area contributed by atoms with Gasteiger partial charge in [0.15, 0.2) is 5.78 Å². The molecule has 0 amide bonds. The lowest BCUT2D eigenvalue weighted by atomic mass is 9.42. The smallest absolute Gasteiger partial charge is 0.159 e. The van der Waals surface area contributed by atoms with Crippen LogP contribution in [0.1, 0.15) is 143 Å². The van der Waals surface area contributed by atoms with Crippen LogP contribution in [-0.2, 0) is 11.3 Å². The summed E-state index contributed by atoms with van der Waals surface area (Å²) < 4.78 is 2.24. The Morgan fingerprint density at radius 3 is 2.56 bits per heavy atom. The van der Waals surface area contributed by atoms with E-state index < -0.39 is 34.7 Å². The van der Waals surface area contributed by atoms with Gasteiger partial charge in [-0.2, -0.15) is 0 Å². The second-order valence-electron chi connectivity index (χ2n) is 23.1. The zero-order valence-corrected chi connectivity index (χ0v) is 35.3. The zero-order chi connectivity index (χ0) is 39.4. The lowest BCUT2D eigenvalue weighted by molar-refractivity contribution is -0.156. The predicted octanol–water partition coefficient (Wildman–Crippen LogP) is 8.51. The summed E-state index contributed by atoms with van der Waals surface area (Å²) in [7, 11) is 0. The van der Waals surface area contributed by atoms with Gasteiger partial charge in [0.05, 0.1) is 30.2 Å². The van der Waals surface area contributed by atoms with Crippen LogP contribution in [0.3, 0.4) is 0 Å². The van der Waals surface area contributed by atoms with Gasteiger partial charge in [-0.25, -0.2) is 4.98 Å². The first-order chi connectivity index (χ1) is 27.2. The van der Waals surface area contributed by atoms with E-state index in [-0.39, 0.29) is 40.8 Å². The number of nitrogens with zero attached hydrogens (tertiary/aromatic N) is 2. The maximum absolute atomic E-state index is 14.0. The van der Waals surface area contributed by atoms with E-state index in [1.165, 1.54) is 64.2 Å². The molecule has 10 aliphatic rings. The molecule has 2 bridgehead atoms. The molecule has 10 aliphatic carbocycles. The molecule has 57 heavy (non-hydrogen) atoms. The van der Waals surface area contributed by atoms with Crippen molar-refractivity contribution in [2.75, 3.05) is 0 Å². The van der Waals surface area contributed by atoms with Crippen molar-refractivity contribution in [1.29, 1.82) is 0 Å². The summed E-state index contributed by atoms with van der Waals surface area (Å²) in [6, 6.07) is 0. The van der Waals surface area contributed by atoms with Crippen molar-refractivity contribution in [1.82, 2.24) is 9.55 Å². The number of aryl methyl sites for hydroxylation is 1. The van der Waals surface area contributed by atoms with E-state index in [0.29, 0.717) is 36.5 Å². The molecule has 1 aromatic heterocycles. The van der Waals surface area contributed by atoms with Gasteiger partial charge in [0.2, 0.25) is 0 Å². The third-order valence-corrected chi connectivity index (χ3v) is 20.5. The first kappa shape index (κ1) is 37.9. The minimum atomic E-state index is -1.11. The Labute approximate surface area is 340 Å². The number of fused-ring (bicyclic) bond motifs is 8. The lowest BCUT2D eigenvalue weighted by Gasteiger charge is -2.63. The molecule has 7 nitrogen and oxygen atoms in total. The number of hydrogen-bond acceptors (Lipinski definition) is 6. The Morgan fingerprint density at radius 1 is 0.912 bits per heavy atom. The third-order valence-electron chi connectivity index (χ3n) is 20.5. The maximum Gasteiger partial charge on any atom is 0.159 e. The fraction of sp³-hybridized carbons (Fsp3) is 0.800. The molecule has 0 saturated heterocycles. The van der Waals surface area contributed by atoms with Crippen LogP contribution in [-0.4, -0.2) is 59.7 Å². The van der Waals surface area contributed by atoms with Crippen LogP contribution in [0.25, 0.3) is 0 Å². The van der Waals surface area contributed by atoms with Gasteiger partial charge < -0.3 is 25.0 Å². The average Bonchev–Trinajstić information content (AvgIpc) is 3.91. The molecule has 1 heterocycles. The van der Waals surface area contributed by atoms with Crippen LogP contribution in [0.2, 0.25) is 0 Å². The molecule has 7 heteroatoms. The van der Waals surface area contributed by atoms with E-state index in [1.54, 1.807) is 28.4 Å². The SMILES string of the molecule is CC(C)(CCn1ccnc1)C1=C2C[C@H]3CC[C@H]4CCC[C@@]4(C3)[C@@H]2C2=C3[C@H](CCC2)C[C@@H]([C@H]2CC[C@@]4(O)C5=CC(=O)[C@@H]6C[C@@H](O)[C@@H](O)C[C@]6(C)[C@H]5CC[C@]24C)[C@H](O)[C@H]31. The molecule has 0 unspecified atom stereocenters. The molecule has 0 aliphatic heterocycles.